The highest BCUT2D eigenvalue weighted by molar-refractivity contribution is 6.12. The molecule has 3 rings (SSSR count). The normalized spacial score (nSPS) is 12.1. The minimum Gasteiger partial charge on any atom is -0.375 e. The van der Waals surface area contributed by atoms with E-state index in [1.165, 1.54) is 13.8 Å². The van der Waals surface area contributed by atoms with E-state index in [0.29, 0.717) is 18.0 Å². The summed E-state index contributed by atoms with van der Waals surface area (Å²) in [5, 5.41) is 8.95. The zero-order valence-electron chi connectivity index (χ0n) is 20.8. The molecule has 1 heterocycles. The third-order valence-corrected chi connectivity index (χ3v) is 5.31. The van der Waals surface area contributed by atoms with Crippen LogP contribution >= 0.6 is 0 Å². The second-order valence-electron chi connectivity index (χ2n) is 8.27. The maximum absolute atomic E-state index is 11.5. The topological polar surface area (TPSA) is 91.5 Å². The van der Waals surface area contributed by atoms with E-state index < -0.39 is 11.9 Å². The number of unbranched alkanes of at least 4 members (excludes halogenated alkanes) is 1. The third-order valence-electron chi connectivity index (χ3n) is 5.31. The van der Waals surface area contributed by atoms with Crippen molar-refractivity contribution in [3.8, 4) is 5.69 Å². The molecule has 0 radical (unpaired) electrons. The lowest BCUT2D eigenvalue weighted by Crippen LogP contribution is -2.13. The number of carbonyl (C=O) groups is 2. The second kappa shape index (κ2) is 12.1. The van der Waals surface area contributed by atoms with Gasteiger partial charge in [0, 0.05) is 43.3 Å². The van der Waals surface area contributed by atoms with Crippen LogP contribution in [0.1, 0.15) is 57.2 Å². The summed E-state index contributed by atoms with van der Waals surface area (Å²) in [6.07, 6.45) is 3.94. The number of aromatic nitrogens is 1. The summed E-state index contributed by atoms with van der Waals surface area (Å²) in [4.78, 5) is 32.2. The van der Waals surface area contributed by atoms with Gasteiger partial charge in [-0.25, -0.2) is 9.59 Å². The van der Waals surface area contributed by atoms with E-state index in [0.717, 1.165) is 46.1 Å². The monoisotopic (exact) mass is 477 g/mol. The highest BCUT2D eigenvalue weighted by Gasteiger charge is 2.17. The van der Waals surface area contributed by atoms with Crippen LogP contribution in [-0.2, 0) is 24.0 Å². The molecule has 0 aliphatic heterocycles. The van der Waals surface area contributed by atoms with Crippen LogP contribution < -0.4 is 0 Å². The molecule has 0 amide bonds. The van der Waals surface area contributed by atoms with Gasteiger partial charge in [0.15, 0.2) is 0 Å². The fourth-order valence-electron chi connectivity index (χ4n) is 3.52. The number of fused-ring (bicyclic) bond motifs is 1. The van der Waals surface area contributed by atoms with E-state index in [2.05, 4.69) is 33.9 Å². The molecule has 35 heavy (non-hydrogen) atoms. The highest BCUT2D eigenvalue weighted by Crippen LogP contribution is 2.27. The van der Waals surface area contributed by atoms with Gasteiger partial charge < -0.3 is 19.0 Å². The van der Waals surface area contributed by atoms with Gasteiger partial charge in [0.1, 0.15) is 5.71 Å². The van der Waals surface area contributed by atoms with Gasteiger partial charge in [-0.3, -0.25) is 0 Å². The Morgan fingerprint density at radius 2 is 1.63 bits per heavy atom. The van der Waals surface area contributed by atoms with E-state index in [-0.39, 0.29) is 6.61 Å². The minimum absolute atomic E-state index is 0.227. The number of ether oxygens (including phenoxy) is 1. The van der Waals surface area contributed by atoms with Gasteiger partial charge in [-0.15, -0.1) is 0 Å². The van der Waals surface area contributed by atoms with E-state index in [4.69, 9.17) is 14.4 Å². The first-order valence-corrected chi connectivity index (χ1v) is 11.6. The first-order chi connectivity index (χ1) is 16.8. The van der Waals surface area contributed by atoms with Crippen molar-refractivity contribution in [3.63, 3.8) is 0 Å². The smallest absolute Gasteiger partial charge is 0.331 e. The highest BCUT2D eigenvalue weighted by atomic mass is 16.7. The maximum atomic E-state index is 11.5. The Morgan fingerprint density at radius 3 is 2.29 bits per heavy atom. The Balaban J connectivity index is 2.03. The van der Waals surface area contributed by atoms with E-state index >= 15 is 0 Å². The summed E-state index contributed by atoms with van der Waals surface area (Å²) in [6.45, 7) is 9.36. The molecule has 0 saturated carbocycles. The average Bonchev–Trinajstić information content (AvgIpc) is 3.20. The zero-order valence-corrected chi connectivity index (χ0v) is 20.8. The predicted molar refractivity (Wildman–Crippen MR) is 136 cm³/mol. The summed E-state index contributed by atoms with van der Waals surface area (Å²) in [6, 6.07) is 13.9. The molecule has 8 nitrogen and oxygen atoms in total. The van der Waals surface area contributed by atoms with Crippen molar-refractivity contribution in [2.24, 2.45) is 10.3 Å². The number of oxime groups is 2. The fourth-order valence-corrected chi connectivity index (χ4v) is 3.52. The quantitative estimate of drug-likeness (QED) is 0.171. The largest absolute Gasteiger partial charge is 0.375 e. The van der Waals surface area contributed by atoms with Crippen LogP contribution in [0.5, 0.6) is 0 Å². The number of nitrogens with zero attached hydrogens (tertiary/aromatic N) is 3. The molecular formula is C27H31N3O5. The number of carbonyl (C=O) groups excluding carboxylic acids is 2. The zero-order chi connectivity index (χ0) is 25.4. The van der Waals surface area contributed by atoms with Crippen LogP contribution in [0.15, 0.2) is 59.0 Å². The lowest BCUT2D eigenvalue weighted by Gasteiger charge is -2.07. The summed E-state index contributed by atoms with van der Waals surface area (Å²) in [7, 11) is 0. The molecule has 0 aliphatic carbocycles. The second-order valence-corrected chi connectivity index (χ2v) is 8.27. The standard InChI is InChI=1S/C27H31N3O5/c1-6-7-14-33-17-26(29-35-21(5)32)25-16-30(27-13-8-18(2)15-24(25)27)23-11-9-22(10-12-23)19(3)28-34-20(4)31/h8-13,15-16H,6-7,14,17H2,1-5H3/b28-19+,29-26+. The van der Waals surface area contributed by atoms with Crippen molar-refractivity contribution >= 4 is 34.3 Å². The Morgan fingerprint density at radius 1 is 0.943 bits per heavy atom. The van der Waals surface area contributed by atoms with Gasteiger partial charge in [-0.1, -0.05) is 47.4 Å². The van der Waals surface area contributed by atoms with Crippen molar-refractivity contribution in [2.45, 2.75) is 47.5 Å². The molecule has 0 spiro atoms. The molecule has 1 aromatic heterocycles. The van der Waals surface area contributed by atoms with Crippen LogP contribution in [-0.4, -0.2) is 41.1 Å². The SMILES string of the molecule is CCCCOC/C(=N\OC(C)=O)c1cn(-c2ccc(/C(C)=N/OC(C)=O)cc2)c2ccc(C)cc12. The Bertz CT molecular complexity index is 1260. The molecular weight excluding hydrogens is 446 g/mol. The molecule has 2 aromatic carbocycles. The minimum atomic E-state index is -0.489. The van der Waals surface area contributed by atoms with Crippen LogP contribution in [0.2, 0.25) is 0 Å². The van der Waals surface area contributed by atoms with Crippen molar-refractivity contribution in [2.75, 3.05) is 13.2 Å². The molecule has 0 saturated heterocycles. The molecule has 0 aliphatic rings. The van der Waals surface area contributed by atoms with Crippen LogP contribution in [0.3, 0.4) is 0 Å². The van der Waals surface area contributed by atoms with Crippen molar-refractivity contribution in [3.05, 3.63) is 65.4 Å². The molecule has 0 fully saturated rings. The molecule has 0 unspecified atom stereocenters. The number of rotatable bonds is 10. The summed E-state index contributed by atoms with van der Waals surface area (Å²) in [5.41, 5.74) is 5.82. The average molecular weight is 478 g/mol. The molecule has 184 valence electrons. The van der Waals surface area contributed by atoms with Gasteiger partial charge in [0.25, 0.3) is 0 Å². The van der Waals surface area contributed by atoms with Gasteiger partial charge in [0.2, 0.25) is 0 Å². The lowest BCUT2D eigenvalue weighted by atomic mass is 10.1. The summed E-state index contributed by atoms with van der Waals surface area (Å²) < 4.78 is 7.88. The van der Waals surface area contributed by atoms with E-state index in [1.54, 1.807) is 6.92 Å². The fraction of sp³-hybridized carbons (Fsp3) is 0.333. The summed E-state index contributed by atoms with van der Waals surface area (Å²) in [5.74, 6) is -0.954. The van der Waals surface area contributed by atoms with E-state index in [1.807, 2.05) is 43.5 Å². The number of aryl methyl sites for hydroxylation is 1. The predicted octanol–water partition coefficient (Wildman–Crippen LogP) is 5.31. The van der Waals surface area contributed by atoms with Crippen LogP contribution in [0.4, 0.5) is 0 Å². The molecule has 3 aromatic rings. The van der Waals surface area contributed by atoms with Crippen LogP contribution in [0.25, 0.3) is 16.6 Å². The van der Waals surface area contributed by atoms with Crippen molar-refractivity contribution in [1.29, 1.82) is 0 Å². The van der Waals surface area contributed by atoms with Crippen molar-refractivity contribution < 1.29 is 24.0 Å². The third kappa shape index (κ3) is 6.86. The van der Waals surface area contributed by atoms with Crippen molar-refractivity contribution in [1.82, 2.24) is 4.57 Å². The maximum Gasteiger partial charge on any atom is 0.331 e. The lowest BCUT2D eigenvalue weighted by molar-refractivity contribution is -0.141. The number of hydrogen-bond acceptors (Lipinski definition) is 7. The van der Waals surface area contributed by atoms with Gasteiger partial charge in [-0.05, 0) is 50.1 Å². The van der Waals surface area contributed by atoms with Gasteiger partial charge in [0.05, 0.1) is 17.8 Å². The molecule has 0 atom stereocenters. The number of hydrogen-bond donors (Lipinski definition) is 0. The van der Waals surface area contributed by atoms with Crippen LogP contribution in [0, 0.1) is 6.92 Å². The first kappa shape index (κ1) is 25.8. The van der Waals surface area contributed by atoms with Gasteiger partial charge >= 0.3 is 11.9 Å². The van der Waals surface area contributed by atoms with Gasteiger partial charge in [-0.2, -0.15) is 0 Å². The molecule has 0 N–H and O–H groups in total. The molecule has 8 heteroatoms. The Hall–Kier alpha value is -3.78. The summed E-state index contributed by atoms with van der Waals surface area (Å²) >= 11 is 0. The first-order valence-electron chi connectivity index (χ1n) is 11.6. The Kier molecular flexibility index (Phi) is 8.92. The number of benzene rings is 2. The Labute approximate surface area is 205 Å². The molecule has 0 bridgehead atoms. The van der Waals surface area contributed by atoms with E-state index in [9.17, 15) is 9.59 Å².